The molecule has 1 unspecified atom stereocenters. The van der Waals surface area contributed by atoms with E-state index >= 15 is 0 Å². The number of amides is 3. The van der Waals surface area contributed by atoms with Gasteiger partial charge in [-0.05, 0) is 17.7 Å². The van der Waals surface area contributed by atoms with Crippen LogP contribution in [0.25, 0.3) is 0 Å². The molecule has 2 heterocycles. The number of alkyl halides is 3. The minimum Gasteiger partial charge on any atom is -0.383 e. The smallest absolute Gasteiger partial charge is 0.383 e. The van der Waals surface area contributed by atoms with Gasteiger partial charge in [-0.15, -0.1) is 0 Å². The summed E-state index contributed by atoms with van der Waals surface area (Å²) >= 11 is 0. The lowest BCUT2D eigenvalue weighted by molar-refractivity contribution is -0.169. The predicted molar refractivity (Wildman–Crippen MR) is 126 cm³/mol. The molecular formula is C25H25F3N4O5. The average Bonchev–Trinajstić information content (AvgIpc) is 2.87. The van der Waals surface area contributed by atoms with Crippen molar-refractivity contribution in [2.75, 3.05) is 39.5 Å². The Kier molecular flexibility index (Phi) is 7.60. The Morgan fingerprint density at radius 3 is 2.27 bits per heavy atom. The van der Waals surface area contributed by atoms with Crippen molar-refractivity contribution in [2.24, 2.45) is 10.7 Å². The van der Waals surface area contributed by atoms with Crippen LogP contribution in [0.1, 0.15) is 21.5 Å². The molecule has 0 spiro atoms. The third kappa shape index (κ3) is 5.65. The van der Waals surface area contributed by atoms with Gasteiger partial charge in [-0.2, -0.15) is 18.2 Å². The molecule has 2 aliphatic rings. The van der Waals surface area contributed by atoms with Crippen LogP contribution in [0, 0.1) is 0 Å². The van der Waals surface area contributed by atoms with Gasteiger partial charge < -0.3 is 25.4 Å². The zero-order valence-electron chi connectivity index (χ0n) is 19.7. The summed E-state index contributed by atoms with van der Waals surface area (Å²) in [5.41, 5.74) is 5.85. The molecule has 3 amide bonds. The zero-order valence-corrected chi connectivity index (χ0v) is 19.7. The number of hydrogen-bond acceptors (Lipinski definition) is 5. The van der Waals surface area contributed by atoms with Crippen molar-refractivity contribution < 1.29 is 37.0 Å². The van der Waals surface area contributed by atoms with Crippen LogP contribution in [0.2, 0.25) is 0 Å². The van der Waals surface area contributed by atoms with Crippen LogP contribution in [0.4, 0.5) is 13.2 Å². The zero-order chi connectivity index (χ0) is 26.6. The highest BCUT2D eigenvalue weighted by Crippen LogP contribution is 2.35. The fourth-order valence-corrected chi connectivity index (χ4v) is 4.19. The second-order valence-electron chi connectivity index (χ2n) is 8.76. The lowest BCUT2D eigenvalue weighted by Crippen LogP contribution is -2.64. The van der Waals surface area contributed by atoms with Crippen molar-refractivity contribution in [1.82, 2.24) is 10.2 Å². The topological polar surface area (TPSA) is 123 Å². The molecule has 2 saturated heterocycles. The Bertz CT molecular complexity index is 1180. The molecule has 0 aromatic heterocycles. The van der Waals surface area contributed by atoms with Crippen LogP contribution in [-0.2, 0) is 24.5 Å². The molecule has 12 heteroatoms. The number of nitrogens with one attached hydrogen (secondary N) is 1. The Balaban J connectivity index is 1.40. The maximum Gasteiger partial charge on any atom is 0.473 e. The van der Waals surface area contributed by atoms with Crippen LogP contribution >= 0.6 is 0 Å². The standard InChI is InChI=1S/C25H25F3N4O5/c26-25(27,28)22(34)31-20(29)16-6-8-17(9-7-16)21(33)30-12-19-13-36-11-10-32(19)23(35)24(14-37-15-24)18-4-2-1-3-5-18/h1-9,19H,10-15H2,(H,30,33)(H2,29,31,34). The van der Waals surface area contributed by atoms with E-state index in [4.69, 9.17) is 15.2 Å². The molecule has 2 aromatic carbocycles. The monoisotopic (exact) mass is 518 g/mol. The molecule has 1 atom stereocenters. The molecule has 0 saturated carbocycles. The summed E-state index contributed by atoms with van der Waals surface area (Å²) in [5.74, 6) is -3.48. The number of amidine groups is 1. The number of nitrogens with two attached hydrogens (primary N) is 1. The Hall–Kier alpha value is -3.77. The first-order chi connectivity index (χ1) is 17.6. The van der Waals surface area contributed by atoms with E-state index in [-0.39, 0.29) is 43.4 Å². The minimum atomic E-state index is -5.13. The van der Waals surface area contributed by atoms with Crippen LogP contribution in [-0.4, -0.2) is 80.2 Å². The highest BCUT2D eigenvalue weighted by atomic mass is 19.4. The number of morpholine rings is 1. The highest BCUT2D eigenvalue weighted by Gasteiger charge is 2.51. The van der Waals surface area contributed by atoms with E-state index in [9.17, 15) is 27.6 Å². The van der Waals surface area contributed by atoms with Gasteiger partial charge in [-0.3, -0.25) is 14.4 Å². The summed E-state index contributed by atoms with van der Waals surface area (Å²) in [4.78, 5) is 41.9. The second kappa shape index (κ2) is 10.7. The van der Waals surface area contributed by atoms with Crippen molar-refractivity contribution in [1.29, 1.82) is 0 Å². The van der Waals surface area contributed by atoms with E-state index in [1.165, 1.54) is 24.3 Å². The number of carbonyl (C=O) groups excluding carboxylic acids is 3. The molecule has 0 radical (unpaired) electrons. The van der Waals surface area contributed by atoms with Crippen LogP contribution in [0.15, 0.2) is 59.6 Å². The van der Waals surface area contributed by atoms with Gasteiger partial charge in [-0.1, -0.05) is 42.5 Å². The number of hydrogen-bond donors (Lipinski definition) is 2. The van der Waals surface area contributed by atoms with Gasteiger partial charge in [0.1, 0.15) is 11.3 Å². The van der Waals surface area contributed by atoms with Gasteiger partial charge in [0, 0.05) is 24.2 Å². The lowest BCUT2D eigenvalue weighted by atomic mass is 9.77. The van der Waals surface area contributed by atoms with Crippen LogP contribution in [0.5, 0.6) is 0 Å². The van der Waals surface area contributed by atoms with E-state index in [1.807, 2.05) is 30.3 Å². The van der Waals surface area contributed by atoms with Gasteiger partial charge in [0.2, 0.25) is 5.91 Å². The van der Waals surface area contributed by atoms with Crippen molar-refractivity contribution in [3.05, 3.63) is 71.3 Å². The third-order valence-corrected chi connectivity index (χ3v) is 6.33. The van der Waals surface area contributed by atoms with Crippen molar-refractivity contribution >= 4 is 23.6 Å². The quantitative estimate of drug-likeness (QED) is 0.440. The van der Waals surface area contributed by atoms with E-state index in [0.717, 1.165) is 5.56 Å². The summed E-state index contributed by atoms with van der Waals surface area (Å²) in [6, 6.07) is 14.3. The fraction of sp³-hybridized carbons (Fsp3) is 0.360. The molecule has 4 rings (SSSR count). The van der Waals surface area contributed by atoms with Gasteiger partial charge in [0.05, 0.1) is 32.5 Å². The molecule has 37 heavy (non-hydrogen) atoms. The van der Waals surface area contributed by atoms with Gasteiger partial charge >= 0.3 is 12.1 Å². The molecule has 3 N–H and O–H groups in total. The largest absolute Gasteiger partial charge is 0.473 e. The van der Waals surface area contributed by atoms with E-state index in [0.29, 0.717) is 13.2 Å². The summed E-state index contributed by atoms with van der Waals surface area (Å²) in [6.07, 6.45) is -5.13. The molecule has 9 nitrogen and oxygen atoms in total. The normalized spacial score (nSPS) is 19.6. The molecule has 2 aliphatic heterocycles. The van der Waals surface area contributed by atoms with Gasteiger partial charge in [0.25, 0.3) is 5.91 Å². The summed E-state index contributed by atoms with van der Waals surface area (Å²) < 4.78 is 48.1. The number of halogens is 3. The SMILES string of the molecule is NC(=NC(=O)C(F)(F)F)c1ccc(C(=O)NCC2COCCN2C(=O)C2(c3ccccc3)COC2)cc1. The highest BCUT2D eigenvalue weighted by molar-refractivity contribution is 6.05. The third-order valence-electron chi connectivity index (χ3n) is 6.33. The number of nitrogens with zero attached hydrogens (tertiary/aromatic N) is 2. The summed E-state index contributed by atoms with van der Waals surface area (Å²) in [7, 11) is 0. The van der Waals surface area contributed by atoms with Gasteiger partial charge in [0.15, 0.2) is 0 Å². The first kappa shape index (κ1) is 26.3. The summed E-state index contributed by atoms with van der Waals surface area (Å²) in [6.45, 7) is 1.68. The van der Waals surface area contributed by atoms with Crippen molar-refractivity contribution in [2.45, 2.75) is 17.6 Å². The molecular weight excluding hydrogens is 493 g/mol. The Morgan fingerprint density at radius 1 is 1.03 bits per heavy atom. The number of benzene rings is 2. The van der Waals surface area contributed by atoms with Crippen LogP contribution in [0.3, 0.4) is 0 Å². The lowest BCUT2D eigenvalue weighted by Gasteiger charge is -2.46. The van der Waals surface area contributed by atoms with E-state index < -0.39 is 35.3 Å². The second-order valence-corrected chi connectivity index (χ2v) is 8.76. The van der Waals surface area contributed by atoms with E-state index in [1.54, 1.807) is 4.90 Å². The minimum absolute atomic E-state index is 0.0560. The van der Waals surface area contributed by atoms with Crippen molar-refractivity contribution in [3.8, 4) is 0 Å². The van der Waals surface area contributed by atoms with Gasteiger partial charge in [-0.25, -0.2) is 0 Å². The van der Waals surface area contributed by atoms with Crippen LogP contribution < -0.4 is 11.1 Å². The first-order valence-corrected chi connectivity index (χ1v) is 11.5. The Labute approximate surface area is 210 Å². The fourth-order valence-electron chi connectivity index (χ4n) is 4.19. The predicted octanol–water partition coefficient (Wildman–Crippen LogP) is 1.41. The Morgan fingerprint density at radius 2 is 1.68 bits per heavy atom. The summed E-state index contributed by atoms with van der Waals surface area (Å²) in [5, 5.41) is 2.77. The molecule has 0 bridgehead atoms. The first-order valence-electron chi connectivity index (χ1n) is 11.5. The number of carbonyl (C=O) groups is 3. The number of ether oxygens (including phenoxy) is 2. The number of rotatable bonds is 6. The molecule has 2 aromatic rings. The van der Waals surface area contributed by atoms with Crippen molar-refractivity contribution in [3.63, 3.8) is 0 Å². The number of aliphatic imine (C=N–C) groups is 1. The maximum atomic E-state index is 13.6. The molecule has 196 valence electrons. The average molecular weight is 518 g/mol. The molecule has 0 aliphatic carbocycles. The maximum absolute atomic E-state index is 13.6. The molecule has 2 fully saturated rings. The van der Waals surface area contributed by atoms with E-state index in [2.05, 4.69) is 10.3 Å².